The number of hydrazine groups is 1. The van der Waals surface area contributed by atoms with Crippen molar-refractivity contribution < 1.29 is 0 Å². The predicted octanol–water partition coefficient (Wildman–Crippen LogP) is 3.05. The first-order valence-corrected chi connectivity index (χ1v) is 7.55. The quantitative estimate of drug-likeness (QED) is 0.550. The molecule has 5 heteroatoms. The summed E-state index contributed by atoms with van der Waals surface area (Å²) in [6, 6.07) is 2.36. The first-order valence-electron chi connectivity index (χ1n) is 7.55. The van der Waals surface area contributed by atoms with Gasteiger partial charge >= 0.3 is 0 Å². The number of aromatic nitrogens is 2. The lowest BCUT2D eigenvalue weighted by molar-refractivity contribution is 0.543. The molecule has 1 saturated carbocycles. The third kappa shape index (κ3) is 4.07. The minimum absolute atomic E-state index is 0.0957. The van der Waals surface area contributed by atoms with Gasteiger partial charge < -0.3 is 10.7 Å². The molecule has 1 heterocycles. The Morgan fingerprint density at radius 2 is 1.95 bits per heavy atom. The van der Waals surface area contributed by atoms with E-state index in [1.54, 1.807) is 0 Å². The van der Waals surface area contributed by atoms with E-state index in [2.05, 4.69) is 48.4 Å². The van der Waals surface area contributed by atoms with Crippen LogP contribution < -0.4 is 16.6 Å². The van der Waals surface area contributed by atoms with E-state index in [4.69, 9.17) is 5.84 Å². The number of anilines is 2. The SMILES string of the molecule is CCC(CC1CC1)Nc1cc(NN)nc(C(C)(C)C)n1. The Morgan fingerprint density at radius 3 is 2.45 bits per heavy atom. The summed E-state index contributed by atoms with van der Waals surface area (Å²) in [5.41, 5.74) is 2.54. The molecule has 0 radical (unpaired) electrons. The summed E-state index contributed by atoms with van der Waals surface area (Å²) >= 11 is 0. The minimum atomic E-state index is -0.0957. The number of hydrogen-bond acceptors (Lipinski definition) is 5. The van der Waals surface area contributed by atoms with Crippen molar-refractivity contribution in [1.29, 1.82) is 0 Å². The van der Waals surface area contributed by atoms with E-state index >= 15 is 0 Å². The van der Waals surface area contributed by atoms with Gasteiger partial charge in [0.15, 0.2) is 0 Å². The van der Waals surface area contributed by atoms with E-state index in [1.807, 2.05) is 6.07 Å². The van der Waals surface area contributed by atoms with Crippen LogP contribution >= 0.6 is 0 Å². The summed E-state index contributed by atoms with van der Waals surface area (Å²) < 4.78 is 0. The third-order valence-corrected chi connectivity index (χ3v) is 3.70. The molecule has 0 saturated heterocycles. The molecule has 0 amide bonds. The molecular formula is C15H27N5. The van der Waals surface area contributed by atoms with Crippen LogP contribution in [0.15, 0.2) is 6.07 Å². The zero-order valence-electron chi connectivity index (χ0n) is 13.0. The van der Waals surface area contributed by atoms with Crippen LogP contribution in [0.2, 0.25) is 0 Å². The second kappa shape index (κ2) is 5.95. The van der Waals surface area contributed by atoms with E-state index in [1.165, 1.54) is 19.3 Å². The highest BCUT2D eigenvalue weighted by Crippen LogP contribution is 2.35. The second-order valence-corrected chi connectivity index (χ2v) is 6.78. The Morgan fingerprint density at radius 1 is 1.30 bits per heavy atom. The van der Waals surface area contributed by atoms with Gasteiger partial charge in [-0.2, -0.15) is 0 Å². The summed E-state index contributed by atoms with van der Waals surface area (Å²) in [5, 5.41) is 3.54. The standard InChI is InChI=1S/C15H27N5/c1-5-11(8-10-6-7-10)17-12-9-13(20-16)19-14(18-12)15(2,3)4/h9-11H,5-8,16H2,1-4H3,(H2,17,18,19,20). The van der Waals surface area contributed by atoms with E-state index < -0.39 is 0 Å². The first-order chi connectivity index (χ1) is 9.42. The van der Waals surface area contributed by atoms with E-state index in [0.717, 1.165) is 24.0 Å². The molecule has 1 aliphatic carbocycles. The summed E-state index contributed by atoms with van der Waals surface area (Å²) in [6.45, 7) is 8.53. The zero-order valence-corrected chi connectivity index (χ0v) is 13.0. The molecule has 20 heavy (non-hydrogen) atoms. The van der Waals surface area contributed by atoms with Gasteiger partial charge in [0.1, 0.15) is 17.5 Å². The van der Waals surface area contributed by atoms with Gasteiger partial charge in [-0.25, -0.2) is 15.8 Å². The average molecular weight is 277 g/mol. The molecule has 4 N–H and O–H groups in total. The van der Waals surface area contributed by atoms with Gasteiger partial charge in [-0.3, -0.25) is 0 Å². The summed E-state index contributed by atoms with van der Waals surface area (Å²) in [4.78, 5) is 9.09. The minimum Gasteiger partial charge on any atom is -0.367 e. The maximum Gasteiger partial charge on any atom is 0.145 e. The number of hydrogen-bond donors (Lipinski definition) is 3. The Labute approximate surface area is 121 Å². The lowest BCUT2D eigenvalue weighted by Gasteiger charge is -2.21. The Kier molecular flexibility index (Phi) is 4.48. The monoisotopic (exact) mass is 277 g/mol. The van der Waals surface area contributed by atoms with Crippen molar-refractivity contribution in [2.75, 3.05) is 10.7 Å². The Balaban J connectivity index is 2.16. The van der Waals surface area contributed by atoms with Gasteiger partial charge in [-0.15, -0.1) is 0 Å². The number of nitrogens with two attached hydrogens (primary N) is 1. The van der Waals surface area contributed by atoms with Crippen molar-refractivity contribution in [1.82, 2.24) is 9.97 Å². The molecule has 5 nitrogen and oxygen atoms in total. The highest BCUT2D eigenvalue weighted by Gasteiger charge is 2.25. The lowest BCUT2D eigenvalue weighted by atomic mass is 9.96. The highest BCUT2D eigenvalue weighted by molar-refractivity contribution is 5.48. The van der Waals surface area contributed by atoms with E-state index in [-0.39, 0.29) is 5.41 Å². The van der Waals surface area contributed by atoms with Crippen molar-refractivity contribution in [3.05, 3.63) is 11.9 Å². The Bertz CT molecular complexity index is 448. The molecule has 1 aliphatic rings. The largest absolute Gasteiger partial charge is 0.367 e. The van der Waals surface area contributed by atoms with E-state index in [9.17, 15) is 0 Å². The van der Waals surface area contributed by atoms with Crippen LogP contribution in [0.25, 0.3) is 0 Å². The van der Waals surface area contributed by atoms with Gasteiger partial charge in [0.05, 0.1) is 0 Å². The van der Waals surface area contributed by atoms with Gasteiger partial charge in [-0.05, 0) is 18.8 Å². The number of nitrogens with zero attached hydrogens (tertiary/aromatic N) is 2. The van der Waals surface area contributed by atoms with Crippen molar-refractivity contribution in [2.45, 2.75) is 64.8 Å². The molecule has 1 fully saturated rings. The fraction of sp³-hybridized carbons (Fsp3) is 0.733. The molecule has 112 valence electrons. The molecule has 1 aromatic heterocycles. The zero-order chi connectivity index (χ0) is 14.8. The van der Waals surface area contributed by atoms with Crippen LogP contribution in [0, 0.1) is 5.92 Å². The Hall–Kier alpha value is -1.36. The van der Waals surface area contributed by atoms with Crippen molar-refractivity contribution in [3.8, 4) is 0 Å². The topological polar surface area (TPSA) is 75.9 Å². The third-order valence-electron chi connectivity index (χ3n) is 3.70. The van der Waals surface area contributed by atoms with Crippen LogP contribution in [0.3, 0.4) is 0 Å². The van der Waals surface area contributed by atoms with E-state index in [0.29, 0.717) is 11.9 Å². The smallest absolute Gasteiger partial charge is 0.145 e. The molecule has 1 aromatic rings. The maximum atomic E-state index is 5.52. The predicted molar refractivity (Wildman–Crippen MR) is 83.6 cm³/mol. The normalized spacial score (nSPS) is 16.9. The molecule has 0 aliphatic heterocycles. The summed E-state index contributed by atoms with van der Waals surface area (Å²) in [5.74, 6) is 8.75. The van der Waals surface area contributed by atoms with Crippen molar-refractivity contribution >= 4 is 11.6 Å². The molecular weight excluding hydrogens is 250 g/mol. The molecule has 0 spiro atoms. The molecule has 2 rings (SSSR count). The summed E-state index contributed by atoms with van der Waals surface area (Å²) in [6.07, 6.45) is 5.10. The summed E-state index contributed by atoms with van der Waals surface area (Å²) in [7, 11) is 0. The number of nitrogen functional groups attached to an aromatic ring is 1. The van der Waals surface area contributed by atoms with Crippen LogP contribution in [0.4, 0.5) is 11.6 Å². The number of nitrogens with one attached hydrogen (secondary N) is 2. The first kappa shape index (κ1) is 15.0. The second-order valence-electron chi connectivity index (χ2n) is 6.78. The fourth-order valence-corrected chi connectivity index (χ4v) is 2.22. The number of rotatable bonds is 6. The van der Waals surface area contributed by atoms with Crippen LogP contribution in [0.1, 0.15) is 59.2 Å². The lowest BCUT2D eigenvalue weighted by Crippen LogP contribution is -2.23. The maximum absolute atomic E-state index is 5.52. The van der Waals surface area contributed by atoms with Crippen LogP contribution in [0.5, 0.6) is 0 Å². The highest BCUT2D eigenvalue weighted by atomic mass is 15.3. The van der Waals surface area contributed by atoms with Gasteiger partial charge in [-0.1, -0.05) is 40.5 Å². The van der Waals surface area contributed by atoms with Gasteiger partial charge in [0.25, 0.3) is 0 Å². The molecule has 0 aromatic carbocycles. The molecule has 1 unspecified atom stereocenters. The molecule has 0 bridgehead atoms. The van der Waals surface area contributed by atoms with Gasteiger partial charge in [0, 0.05) is 17.5 Å². The van der Waals surface area contributed by atoms with Gasteiger partial charge in [0.2, 0.25) is 0 Å². The van der Waals surface area contributed by atoms with Crippen LogP contribution in [-0.4, -0.2) is 16.0 Å². The van der Waals surface area contributed by atoms with Crippen molar-refractivity contribution in [3.63, 3.8) is 0 Å². The molecule has 1 atom stereocenters. The van der Waals surface area contributed by atoms with Crippen LogP contribution in [-0.2, 0) is 5.41 Å². The average Bonchev–Trinajstić information content (AvgIpc) is 3.20. The fourth-order valence-electron chi connectivity index (χ4n) is 2.22. The van der Waals surface area contributed by atoms with Crippen molar-refractivity contribution in [2.24, 2.45) is 11.8 Å².